The number of amides is 1. The topological polar surface area (TPSA) is 74.0 Å². The van der Waals surface area contributed by atoms with Gasteiger partial charge in [0.1, 0.15) is 5.75 Å². The Labute approximate surface area is 175 Å². The molecule has 0 aliphatic carbocycles. The molecule has 1 aromatic carbocycles. The van der Waals surface area contributed by atoms with Gasteiger partial charge in [0.15, 0.2) is 5.69 Å². The van der Waals surface area contributed by atoms with Crippen molar-refractivity contribution in [1.29, 1.82) is 0 Å². The number of alkyl halides is 3. The summed E-state index contributed by atoms with van der Waals surface area (Å²) in [4.78, 5) is 12.2. The molecular weight excluding hydrogens is 423 g/mol. The second-order valence-electron chi connectivity index (χ2n) is 6.55. The number of methoxy groups -OCH3 is 1. The highest BCUT2D eigenvalue weighted by Crippen LogP contribution is 2.35. The van der Waals surface area contributed by atoms with Crippen LogP contribution in [0.2, 0.25) is 5.02 Å². The molecule has 30 heavy (non-hydrogen) atoms. The molecule has 3 aromatic rings. The summed E-state index contributed by atoms with van der Waals surface area (Å²) < 4.78 is 46.5. The number of anilines is 1. The van der Waals surface area contributed by atoms with Gasteiger partial charge in [-0.2, -0.15) is 23.4 Å². The molecule has 0 bridgehead atoms. The van der Waals surface area contributed by atoms with Crippen LogP contribution >= 0.6 is 11.6 Å². The van der Waals surface area contributed by atoms with Crippen molar-refractivity contribution in [2.45, 2.75) is 32.6 Å². The maximum Gasteiger partial charge on any atom is 0.436 e. The molecule has 0 aliphatic heterocycles. The van der Waals surface area contributed by atoms with Crippen LogP contribution in [-0.2, 0) is 24.1 Å². The van der Waals surface area contributed by atoms with Crippen molar-refractivity contribution in [1.82, 2.24) is 19.6 Å². The Morgan fingerprint density at radius 3 is 2.77 bits per heavy atom. The monoisotopic (exact) mass is 441 g/mol. The van der Waals surface area contributed by atoms with Crippen molar-refractivity contribution in [3.8, 4) is 5.75 Å². The minimum atomic E-state index is -4.65. The summed E-state index contributed by atoms with van der Waals surface area (Å²) in [6.45, 7) is 1.87. The molecule has 2 aromatic heterocycles. The molecule has 0 aliphatic rings. The standard InChI is InChI=1S/C19H19ClF3N5O2/c1-12-17(20)18(19(21,22)23)26-28(12)7-6-16(29)25-14-9-24-27(11-14)10-13-4-3-5-15(8-13)30-2/h3-5,8-9,11H,6-7,10H2,1-2H3,(H,25,29). The summed E-state index contributed by atoms with van der Waals surface area (Å²) in [7, 11) is 1.59. The van der Waals surface area contributed by atoms with Crippen LogP contribution in [-0.4, -0.2) is 32.6 Å². The highest BCUT2D eigenvalue weighted by molar-refractivity contribution is 6.31. The zero-order valence-corrected chi connectivity index (χ0v) is 17.0. The van der Waals surface area contributed by atoms with Gasteiger partial charge < -0.3 is 10.1 Å². The largest absolute Gasteiger partial charge is 0.497 e. The molecule has 1 amide bonds. The third-order valence-corrected chi connectivity index (χ3v) is 4.80. The maximum absolute atomic E-state index is 12.9. The van der Waals surface area contributed by atoms with Crippen molar-refractivity contribution >= 4 is 23.2 Å². The number of benzene rings is 1. The molecule has 0 saturated heterocycles. The fraction of sp³-hybridized carbons (Fsp3) is 0.316. The van der Waals surface area contributed by atoms with E-state index in [1.165, 1.54) is 13.1 Å². The Balaban J connectivity index is 1.57. The minimum Gasteiger partial charge on any atom is -0.497 e. The first-order valence-corrected chi connectivity index (χ1v) is 9.30. The normalized spacial score (nSPS) is 11.5. The highest BCUT2D eigenvalue weighted by atomic mass is 35.5. The Kier molecular flexibility index (Phi) is 6.35. The van der Waals surface area contributed by atoms with E-state index < -0.39 is 16.9 Å². The average molecular weight is 442 g/mol. The van der Waals surface area contributed by atoms with Crippen LogP contribution in [0, 0.1) is 6.92 Å². The highest BCUT2D eigenvalue weighted by Gasteiger charge is 2.38. The predicted molar refractivity (Wildman–Crippen MR) is 105 cm³/mol. The number of nitrogens with zero attached hydrogens (tertiary/aromatic N) is 4. The quantitative estimate of drug-likeness (QED) is 0.598. The van der Waals surface area contributed by atoms with Crippen molar-refractivity contribution in [3.63, 3.8) is 0 Å². The number of hydrogen-bond acceptors (Lipinski definition) is 4. The van der Waals surface area contributed by atoms with E-state index in [9.17, 15) is 18.0 Å². The molecule has 0 fully saturated rings. The minimum absolute atomic E-state index is 0.0363. The molecule has 3 rings (SSSR count). The van der Waals surface area contributed by atoms with Crippen LogP contribution < -0.4 is 10.1 Å². The SMILES string of the molecule is COc1cccc(Cn2cc(NC(=O)CCn3nc(C(F)(F)F)c(Cl)c3C)cn2)c1. The molecule has 0 radical (unpaired) electrons. The van der Waals surface area contributed by atoms with E-state index in [0.717, 1.165) is 16.0 Å². The van der Waals surface area contributed by atoms with E-state index in [0.29, 0.717) is 12.2 Å². The Hall–Kier alpha value is -3.01. The van der Waals surface area contributed by atoms with Crippen LogP contribution in [0.15, 0.2) is 36.7 Å². The zero-order chi connectivity index (χ0) is 21.9. The molecule has 11 heteroatoms. The smallest absolute Gasteiger partial charge is 0.436 e. The van der Waals surface area contributed by atoms with Gasteiger partial charge in [0, 0.05) is 12.6 Å². The van der Waals surface area contributed by atoms with E-state index >= 15 is 0 Å². The molecule has 160 valence electrons. The number of halogens is 4. The van der Waals surface area contributed by atoms with Crippen molar-refractivity contribution in [2.24, 2.45) is 0 Å². The molecule has 0 atom stereocenters. The Bertz CT molecular complexity index is 1050. The lowest BCUT2D eigenvalue weighted by Crippen LogP contribution is -2.16. The van der Waals surface area contributed by atoms with Gasteiger partial charge >= 0.3 is 6.18 Å². The maximum atomic E-state index is 12.9. The van der Waals surface area contributed by atoms with Crippen molar-refractivity contribution in [2.75, 3.05) is 12.4 Å². The van der Waals surface area contributed by atoms with Gasteiger partial charge in [0.05, 0.1) is 42.8 Å². The van der Waals surface area contributed by atoms with E-state index in [4.69, 9.17) is 16.3 Å². The third kappa shape index (κ3) is 5.12. The van der Waals surface area contributed by atoms with E-state index in [2.05, 4.69) is 15.5 Å². The molecule has 1 N–H and O–H groups in total. The second kappa shape index (κ2) is 8.78. The number of nitrogens with one attached hydrogen (secondary N) is 1. The second-order valence-corrected chi connectivity index (χ2v) is 6.92. The fourth-order valence-corrected chi connectivity index (χ4v) is 3.07. The van der Waals surface area contributed by atoms with Crippen LogP contribution in [0.4, 0.5) is 18.9 Å². The summed E-state index contributed by atoms with van der Waals surface area (Å²) in [6.07, 6.45) is -1.56. The first kappa shape index (κ1) is 21.7. The number of carbonyl (C=O) groups is 1. The Morgan fingerprint density at radius 1 is 1.33 bits per heavy atom. The molecule has 0 spiro atoms. The summed E-state index contributed by atoms with van der Waals surface area (Å²) >= 11 is 5.71. The average Bonchev–Trinajstić information content (AvgIpc) is 3.24. The lowest BCUT2D eigenvalue weighted by Gasteiger charge is -2.06. The molecule has 2 heterocycles. The predicted octanol–water partition coefficient (Wildman–Crippen LogP) is 4.15. The lowest BCUT2D eigenvalue weighted by molar-refractivity contribution is -0.141. The van der Waals surface area contributed by atoms with E-state index in [1.807, 2.05) is 24.3 Å². The molecular formula is C19H19ClF3N5O2. The number of hydrogen-bond donors (Lipinski definition) is 1. The number of aryl methyl sites for hydroxylation is 1. The van der Waals surface area contributed by atoms with Crippen LogP contribution in [0.25, 0.3) is 0 Å². The van der Waals surface area contributed by atoms with Crippen LogP contribution in [0.1, 0.15) is 23.4 Å². The van der Waals surface area contributed by atoms with Gasteiger partial charge in [-0.15, -0.1) is 0 Å². The lowest BCUT2D eigenvalue weighted by atomic mass is 10.2. The van der Waals surface area contributed by atoms with Gasteiger partial charge in [0.2, 0.25) is 5.91 Å². The summed E-state index contributed by atoms with van der Waals surface area (Å²) in [6, 6.07) is 7.51. The Morgan fingerprint density at radius 2 is 2.10 bits per heavy atom. The van der Waals surface area contributed by atoms with Crippen molar-refractivity contribution < 1.29 is 22.7 Å². The zero-order valence-electron chi connectivity index (χ0n) is 16.2. The summed E-state index contributed by atoms with van der Waals surface area (Å²) in [5.74, 6) is 0.353. The van der Waals surface area contributed by atoms with Crippen molar-refractivity contribution in [3.05, 3.63) is 58.6 Å². The van der Waals surface area contributed by atoms with Gasteiger partial charge in [-0.3, -0.25) is 14.2 Å². The van der Waals surface area contributed by atoms with Gasteiger partial charge in [-0.25, -0.2) is 0 Å². The summed E-state index contributed by atoms with van der Waals surface area (Å²) in [5, 5.41) is 9.89. The molecule has 0 unspecified atom stereocenters. The number of rotatable bonds is 7. The molecule has 7 nitrogen and oxygen atoms in total. The first-order valence-electron chi connectivity index (χ1n) is 8.92. The van der Waals surface area contributed by atoms with E-state index in [1.54, 1.807) is 18.0 Å². The molecule has 0 saturated carbocycles. The van der Waals surface area contributed by atoms with Gasteiger partial charge in [-0.1, -0.05) is 23.7 Å². The number of carbonyl (C=O) groups excluding carboxylic acids is 1. The van der Waals surface area contributed by atoms with Crippen LogP contribution in [0.3, 0.4) is 0 Å². The fourth-order valence-electron chi connectivity index (χ4n) is 2.83. The van der Waals surface area contributed by atoms with Gasteiger partial charge in [-0.05, 0) is 24.6 Å². The van der Waals surface area contributed by atoms with Gasteiger partial charge in [0.25, 0.3) is 0 Å². The third-order valence-electron chi connectivity index (χ3n) is 4.35. The first-order chi connectivity index (χ1) is 14.2. The van der Waals surface area contributed by atoms with Crippen LogP contribution in [0.5, 0.6) is 5.75 Å². The number of ether oxygens (including phenoxy) is 1. The van der Waals surface area contributed by atoms with E-state index in [-0.39, 0.29) is 24.6 Å². The summed E-state index contributed by atoms with van der Waals surface area (Å²) in [5.41, 5.74) is 0.458. The number of aromatic nitrogens is 4.